The quantitative estimate of drug-likeness (QED) is 0.801. The van der Waals surface area contributed by atoms with Crippen molar-refractivity contribution in [2.45, 2.75) is 13.1 Å². The Labute approximate surface area is 138 Å². The number of fused-ring (bicyclic) bond motifs is 1. The molecule has 6 heteroatoms. The number of amides is 1. The number of cyclic esters (lactones) is 1. The van der Waals surface area contributed by atoms with Crippen molar-refractivity contribution in [1.29, 1.82) is 0 Å². The van der Waals surface area contributed by atoms with Gasteiger partial charge in [0, 0.05) is 6.54 Å². The summed E-state index contributed by atoms with van der Waals surface area (Å²) >= 11 is 0. The van der Waals surface area contributed by atoms with Crippen LogP contribution in [0, 0.1) is 0 Å². The first-order chi connectivity index (χ1) is 11.7. The second kappa shape index (κ2) is 5.88. The Morgan fingerprint density at radius 3 is 2.38 bits per heavy atom. The summed E-state index contributed by atoms with van der Waals surface area (Å²) in [5, 5.41) is 0. The Hall–Kier alpha value is -3.02. The van der Waals surface area contributed by atoms with Crippen molar-refractivity contribution < 1.29 is 9.53 Å². The molecule has 0 bridgehead atoms. The average molecular weight is 323 g/mol. The number of hydrogen-bond acceptors (Lipinski definition) is 3. The van der Waals surface area contributed by atoms with Crippen molar-refractivity contribution in [3.05, 3.63) is 70.1 Å². The van der Waals surface area contributed by atoms with Gasteiger partial charge in [-0.15, -0.1) is 0 Å². The fraction of sp³-hybridized carbons (Fsp3) is 0.222. The normalized spacial score (nSPS) is 14.3. The van der Waals surface area contributed by atoms with E-state index in [0.29, 0.717) is 26.2 Å². The lowest BCUT2D eigenvalue weighted by Crippen LogP contribution is -2.23. The van der Waals surface area contributed by atoms with E-state index in [1.54, 1.807) is 9.47 Å². The highest BCUT2D eigenvalue weighted by Crippen LogP contribution is 2.14. The van der Waals surface area contributed by atoms with Crippen LogP contribution in [0.15, 0.2) is 53.3 Å². The molecule has 1 fully saturated rings. The minimum absolute atomic E-state index is 0.111. The second-order valence-corrected chi connectivity index (χ2v) is 5.89. The second-order valence-electron chi connectivity index (χ2n) is 5.89. The van der Waals surface area contributed by atoms with Gasteiger partial charge in [0.1, 0.15) is 6.61 Å². The highest BCUT2D eigenvalue weighted by atomic mass is 16.6. The van der Waals surface area contributed by atoms with Crippen molar-refractivity contribution >= 4 is 17.1 Å². The summed E-state index contributed by atoms with van der Waals surface area (Å²) in [5.41, 5.74) is 3.71. The van der Waals surface area contributed by atoms with Gasteiger partial charge in [-0.05, 0) is 23.3 Å². The lowest BCUT2D eigenvalue weighted by molar-refractivity contribution is 0.157. The summed E-state index contributed by atoms with van der Waals surface area (Å²) in [4.78, 5) is 28.1. The number of carbonyl (C=O) groups is 1. The van der Waals surface area contributed by atoms with E-state index in [1.807, 2.05) is 48.5 Å². The maximum atomic E-state index is 12.1. The van der Waals surface area contributed by atoms with Gasteiger partial charge in [-0.1, -0.05) is 36.4 Å². The number of ether oxygens (including phenoxy) is 1. The molecule has 0 spiro atoms. The van der Waals surface area contributed by atoms with Gasteiger partial charge in [-0.3, -0.25) is 4.57 Å². The Balaban J connectivity index is 1.53. The van der Waals surface area contributed by atoms with Crippen LogP contribution in [0.1, 0.15) is 11.1 Å². The molecule has 0 unspecified atom stereocenters. The van der Waals surface area contributed by atoms with Crippen LogP contribution >= 0.6 is 0 Å². The Bertz CT molecular complexity index is 940. The number of carbonyl (C=O) groups excluding carboxylic acids is 1. The monoisotopic (exact) mass is 323 g/mol. The Morgan fingerprint density at radius 2 is 1.67 bits per heavy atom. The average Bonchev–Trinajstić information content (AvgIpc) is 3.13. The van der Waals surface area contributed by atoms with E-state index >= 15 is 0 Å². The number of imidazole rings is 1. The molecule has 0 radical (unpaired) electrons. The molecule has 0 atom stereocenters. The third-order valence-corrected chi connectivity index (χ3v) is 4.26. The molecule has 4 rings (SSSR count). The van der Waals surface area contributed by atoms with Crippen LogP contribution in [0.3, 0.4) is 0 Å². The number of benzene rings is 2. The molecule has 2 aromatic carbocycles. The summed E-state index contributed by atoms with van der Waals surface area (Å²) in [6, 6.07) is 15.6. The first kappa shape index (κ1) is 14.6. The van der Waals surface area contributed by atoms with Gasteiger partial charge < -0.3 is 14.6 Å². The zero-order valence-electron chi connectivity index (χ0n) is 13.1. The number of nitrogens with one attached hydrogen (secondary N) is 1. The molecule has 1 aliphatic heterocycles. The van der Waals surface area contributed by atoms with Crippen LogP contribution in [0.5, 0.6) is 0 Å². The summed E-state index contributed by atoms with van der Waals surface area (Å²) in [6.07, 6.45) is -0.260. The number of para-hydroxylation sites is 2. The molecular formula is C18H17N3O3. The molecular weight excluding hydrogens is 306 g/mol. The van der Waals surface area contributed by atoms with Crippen LogP contribution in [0.2, 0.25) is 0 Å². The van der Waals surface area contributed by atoms with Crippen LogP contribution in [0.4, 0.5) is 4.79 Å². The SMILES string of the molecule is O=C1OCCN1Cc1ccc(Cn2c(=O)[nH]c3ccccc32)cc1. The van der Waals surface area contributed by atoms with E-state index in [1.165, 1.54) is 0 Å². The van der Waals surface area contributed by atoms with Crippen molar-refractivity contribution in [3.63, 3.8) is 0 Å². The van der Waals surface area contributed by atoms with Gasteiger partial charge in [0.05, 0.1) is 24.1 Å². The largest absolute Gasteiger partial charge is 0.448 e. The van der Waals surface area contributed by atoms with Gasteiger partial charge in [-0.2, -0.15) is 0 Å². The standard InChI is InChI=1S/C18H17N3O3/c22-17-19-15-3-1-2-4-16(15)21(17)12-14-7-5-13(6-8-14)11-20-9-10-24-18(20)23/h1-8H,9-12H2,(H,19,22). The lowest BCUT2D eigenvalue weighted by atomic mass is 10.1. The number of H-pyrrole nitrogens is 1. The van der Waals surface area contributed by atoms with Crippen molar-refractivity contribution in [2.75, 3.05) is 13.2 Å². The first-order valence-corrected chi connectivity index (χ1v) is 7.88. The molecule has 0 aliphatic carbocycles. The van der Waals surface area contributed by atoms with E-state index in [4.69, 9.17) is 4.74 Å². The smallest absolute Gasteiger partial charge is 0.410 e. The van der Waals surface area contributed by atoms with Crippen molar-refractivity contribution in [1.82, 2.24) is 14.5 Å². The van der Waals surface area contributed by atoms with Crippen molar-refractivity contribution in [3.8, 4) is 0 Å². The molecule has 1 aromatic heterocycles. The van der Waals surface area contributed by atoms with Crippen molar-refractivity contribution in [2.24, 2.45) is 0 Å². The Morgan fingerprint density at radius 1 is 0.958 bits per heavy atom. The highest BCUT2D eigenvalue weighted by Gasteiger charge is 2.21. The molecule has 2 heterocycles. The summed E-state index contributed by atoms with van der Waals surface area (Å²) in [7, 11) is 0. The predicted molar refractivity (Wildman–Crippen MR) is 89.9 cm³/mol. The van der Waals surface area contributed by atoms with Crippen LogP contribution in [-0.2, 0) is 17.8 Å². The highest BCUT2D eigenvalue weighted by molar-refractivity contribution is 5.75. The molecule has 6 nitrogen and oxygen atoms in total. The molecule has 1 saturated heterocycles. The van der Waals surface area contributed by atoms with Crippen LogP contribution < -0.4 is 5.69 Å². The van der Waals surface area contributed by atoms with Gasteiger partial charge in [-0.25, -0.2) is 9.59 Å². The van der Waals surface area contributed by atoms with Crippen LogP contribution in [0.25, 0.3) is 11.0 Å². The van der Waals surface area contributed by atoms with Gasteiger partial charge in [0.15, 0.2) is 0 Å². The van der Waals surface area contributed by atoms with E-state index in [-0.39, 0.29) is 11.8 Å². The number of rotatable bonds is 4. The fourth-order valence-corrected chi connectivity index (χ4v) is 2.99. The minimum Gasteiger partial charge on any atom is -0.448 e. The molecule has 122 valence electrons. The van der Waals surface area contributed by atoms with Gasteiger partial charge in [0.25, 0.3) is 0 Å². The minimum atomic E-state index is -0.260. The Kier molecular flexibility index (Phi) is 3.57. The van der Waals surface area contributed by atoms with E-state index in [0.717, 1.165) is 22.2 Å². The van der Waals surface area contributed by atoms with Gasteiger partial charge in [0.2, 0.25) is 0 Å². The maximum absolute atomic E-state index is 12.1. The lowest BCUT2D eigenvalue weighted by Gasteiger charge is -2.13. The first-order valence-electron chi connectivity index (χ1n) is 7.88. The number of aromatic amines is 1. The zero-order valence-corrected chi connectivity index (χ0v) is 13.1. The molecule has 1 N–H and O–H groups in total. The summed E-state index contributed by atoms with van der Waals surface area (Å²) in [5.74, 6) is 0. The number of aromatic nitrogens is 2. The van der Waals surface area contributed by atoms with E-state index in [9.17, 15) is 9.59 Å². The predicted octanol–water partition coefficient (Wildman–Crippen LogP) is 2.33. The third kappa shape index (κ3) is 2.67. The molecule has 0 saturated carbocycles. The number of hydrogen-bond donors (Lipinski definition) is 1. The molecule has 1 amide bonds. The zero-order chi connectivity index (χ0) is 16.5. The fourth-order valence-electron chi connectivity index (χ4n) is 2.99. The van der Waals surface area contributed by atoms with Crippen LogP contribution in [-0.4, -0.2) is 33.7 Å². The molecule has 24 heavy (non-hydrogen) atoms. The third-order valence-electron chi connectivity index (χ3n) is 4.26. The van der Waals surface area contributed by atoms with Gasteiger partial charge >= 0.3 is 11.8 Å². The maximum Gasteiger partial charge on any atom is 0.410 e. The summed E-state index contributed by atoms with van der Waals surface area (Å²) in [6.45, 7) is 2.15. The number of nitrogens with zero attached hydrogens (tertiary/aromatic N) is 2. The topological polar surface area (TPSA) is 67.3 Å². The molecule has 1 aliphatic rings. The van der Waals surface area contributed by atoms with E-state index < -0.39 is 0 Å². The summed E-state index contributed by atoms with van der Waals surface area (Å²) < 4.78 is 6.66. The van der Waals surface area contributed by atoms with E-state index in [2.05, 4.69) is 4.98 Å². The molecule has 3 aromatic rings.